The van der Waals surface area contributed by atoms with E-state index < -0.39 is 16.1 Å². The SMILES string of the molecule is C=C(C(=C)[Si](C)(C)C)[Si](C)(C)C.[CH3-].[CH3-].[NH-]C(=O)C1CCCCCCCCCCC1.[Si].[Ti+4].c1ccc2[cH-]ccc2c1. The molecule has 1 fully saturated rings. The van der Waals surface area contributed by atoms with Crippen LogP contribution in [0.3, 0.4) is 0 Å². The molecule has 0 aliphatic heterocycles. The third-order valence-electron chi connectivity index (χ3n) is 7.20. The van der Waals surface area contributed by atoms with Crippen LogP contribution in [-0.4, -0.2) is 33.0 Å². The maximum absolute atomic E-state index is 11.1. The third-order valence-corrected chi connectivity index (χ3v) is 11.7. The van der Waals surface area contributed by atoms with E-state index in [1.165, 1.54) is 66.1 Å². The summed E-state index contributed by atoms with van der Waals surface area (Å²) >= 11 is 0. The Balaban J connectivity index is -0.000000237. The van der Waals surface area contributed by atoms with Crippen LogP contribution in [0.1, 0.15) is 70.6 Å². The van der Waals surface area contributed by atoms with Gasteiger partial charge in [-0.3, -0.25) is 0 Å². The van der Waals surface area contributed by atoms with Gasteiger partial charge in [-0.1, -0.05) is 127 Å². The number of amides is 1. The molecule has 1 aliphatic carbocycles. The van der Waals surface area contributed by atoms with Crippen molar-refractivity contribution in [2.75, 3.05) is 0 Å². The van der Waals surface area contributed by atoms with E-state index in [4.69, 9.17) is 5.73 Å². The Bertz CT molecular complexity index is 874. The molecule has 2 nitrogen and oxygen atoms in total. The topological polar surface area (TPSA) is 40.9 Å². The molecule has 6 heteroatoms. The van der Waals surface area contributed by atoms with Crippen LogP contribution in [0.5, 0.6) is 0 Å². The average molecular weight is 630 g/mol. The second-order valence-electron chi connectivity index (χ2n) is 12.4. The van der Waals surface area contributed by atoms with Crippen molar-refractivity contribution in [2.24, 2.45) is 5.92 Å². The first-order valence-corrected chi connectivity index (χ1v) is 21.1. The summed E-state index contributed by atoms with van der Waals surface area (Å²) in [5.74, 6) is -0.281. The Morgan fingerprint density at radius 1 is 0.750 bits per heavy atom. The molecular weight excluding hydrogens is 571 g/mol. The molecule has 222 valence electrons. The molecule has 1 saturated carbocycles. The normalized spacial score (nSPS) is 14.7. The van der Waals surface area contributed by atoms with Crippen LogP contribution in [0.15, 0.2) is 66.0 Å². The van der Waals surface area contributed by atoms with E-state index in [2.05, 4.69) is 94.9 Å². The van der Waals surface area contributed by atoms with Gasteiger partial charge in [0.25, 0.3) is 0 Å². The second kappa shape index (κ2) is 23.7. The van der Waals surface area contributed by atoms with Crippen LogP contribution in [0.2, 0.25) is 39.3 Å². The van der Waals surface area contributed by atoms with Crippen LogP contribution >= 0.6 is 0 Å². The van der Waals surface area contributed by atoms with Gasteiger partial charge in [-0.25, -0.2) is 0 Å². The van der Waals surface area contributed by atoms with Gasteiger partial charge in [0.1, 0.15) is 0 Å². The molecule has 0 saturated heterocycles. The number of rotatable bonds is 4. The average Bonchev–Trinajstić information content (AvgIpc) is 3.27. The van der Waals surface area contributed by atoms with Gasteiger partial charge in [-0.15, -0.1) is 29.7 Å². The van der Waals surface area contributed by atoms with Crippen molar-refractivity contribution in [1.29, 1.82) is 0 Å². The molecule has 2 aromatic rings. The van der Waals surface area contributed by atoms with Crippen LogP contribution in [0, 0.1) is 20.8 Å². The van der Waals surface area contributed by atoms with Gasteiger partial charge >= 0.3 is 21.7 Å². The number of nitrogens with one attached hydrogen (secondary N) is 1. The third kappa shape index (κ3) is 19.3. The van der Waals surface area contributed by atoms with Crippen molar-refractivity contribution in [3.05, 3.63) is 86.6 Å². The molecule has 0 heterocycles. The Morgan fingerprint density at radius 2 is 1.12 bits per heavy atom. The summed E-state index contributed by atoms with van der Waals surface area (Å²) in [5.41, 5.74) is 7.23. The minimum Gasteiger partial charge on any atom is -0.668 e. The fourth-order valence-electron chi connectivity index (χ4n) is 4.40. The van der Waals surface area contributed by atoms with Gasteiger partial charge < -0.3 is 25.4 Å². The van der Waals surface area contributed by atoms with Crippen molar-refractivity contribution < 1.29 is 26.5 Å². The van der Waals surface area contributed by atoms with Crippen LogP contribution < -0.4 is 0 Å². The van der Waals surface area contributed by atoms with E-state index in [-0.39, 0.29) is 59.4 Å². The van der Waals surface area contributed by atoms with E-state index in [1.807, 2.05) is 0 Å². The van der Waals surface area contributed by atoms with Crippen molar-refractivity contribution in [3.63, 3.8) is 0 Å². The smallest absolute Gasteiger partial charge is 0.668 e. The zero-order valence-electron chi connectivity index (χ0n) is 27.2. The molecule has 0 bridgehead atoms. The number of carbonyl (C=O) groups excluding carboxylic acids is 1. The molecular formula is C34H59NOSi3Ti. The molecule has 2 aromatic carbocycles. The van der Waals surface area contributed by atoms with E-state index >= 15 is 0 Å². The second-order valence-corrected chi connectivity index (χ2v) is 22.6. The fraction of sp³-hybridized carbons (Fsp3) is 0.529. The number of carbonyl (C=O) groups is 1. The molecule has 1 amide bonds. The summed E-state index contributed by atoms with van der Waals surface area (Å²) in [6.45, 7) is 22.4. The zero-order valence-corrected chi connectivity index (χ0v) is 31.8. The summed E-state index contributed by atoms with van der Waals surface area (Å²) in [7, 11) is -2.39. The first-order valence-electron chi connectivity index (χ1n) is 14.1. The molecule has 1 aliphatic rings. The Morgan fingerprint density at radius 3 is 1.48 bits per heavy atom. The molecule has 40 heavy (non-hydrogen) atoms. The van der Waals surface area contributed by atoms with Gasteiger partial charge in [0.2, 0.25) is 0 Å². The van der Waals surface area contributed by atoms with Gasteiger partial charge in [-0.05, 0) is 12.8 Å². The van der Waals surface area contributed by atoms with E-state index in [9.17, 15) is 4.79 Å². The standard InChI is InChI=1S/C13H25NO.C10H22Si2.C9H7.2CH3.Si.Ti/c14-13(15)12-10-8-6-4-2-1-3-5-7-9-11-12;1-9(11(3,4)5)10(2)12(6,7)8;1-2-5-9-7-3-6-8(9)4-1;;;;/h12H,1-11H2,(H2,14,15);1-2H2,3-8H3;1-7H;2*1H3;;/q;;3*-1;;+4/p-1. The predicted molar refractivity (Wildman–Crippen MR) is 187 cm³/mol. The predicted octanol–water partition coefficient (Wildman–Crippen LogP) is 11.4. The van der Waals surface area contributed by atoms with Crippen LogP contribution in [0.4, 0.5) is 0 Å². The summed E-state index contributed by atoms with van der Waals surface area (Å²) in [6.07, 6.45) is 13.5. The van der Waals surface area contributed by atoms with Gasteiger partial charge in [-0.2, -0.15) is 17.5 Å². The molecule has 0 aromatic heterocycles. The molecule has 1 N–H and O–H groups in total. The van der Waals surface area contributed by atoms with Crippen LogP contribution in [-0.2, 0) is 26.5 Å². The Labute approximate surface area is 271 Å². The molecule has 0 unspecified atom stereocenters. The number of hydrogen-bond donors (Lipinski definition) is 0. The largest absolute Gasteiger partial charge is 4.00 e. The maximum atomic E-state index is 11.1. The molecule has 4 radical (unpaired) electrons. The van der Waals surface area contributed by atoms with Crippen molar-refractivity contribution in [1.82, 2.24) is 0 Å². The Hall–Kier alpha value is -0.855. The molecule has 0 atom stereocenters. The minimum atomic E-state index is -1.19. The number of allylic oxidation sites excluding steroid dienone is 2. The summed E-state index contributed by atoms with van der Waals surface area (Å²) in [6, 6.07) is 14.7. The monoisotopic (exact) mass is 629 g/mol. The zero-order chi connectivity index (χ0) is 27.2. The first kappa shape index (κ1) is 46.1. The van der Waals surface area contributed by atoms with Gasteiger partial charge in [0, 0.05) is 16.9 Å². The number of fused-ring (bicyclic) bond motifs is 1. The van der Waals surface area contributed by atoms with Gasteiger partial charge in [0.05, 0.1) is 22.1 Å². The number of benzene rings is 1. The van der Waals surface area contributed by atoms with Crippen molar-refractivity contribution in [2.45, 2.75) is 110 Å². The van der Waals surface area contributed by atoms with Crippen molar-refractivity contribution >= 4 is 43.8 Å². The summed E-state index contributed by atoms with van der Waals surface area (Å²) in [5, 5.41) is 5.39. The summed E-state index contributed by atoms with van der Waals surface area (Å²) < 4.78 is 0. The quantitative estimate of drug-likeness (QED) is 0.188. The van der Waals surface area contributed by atoms with Crippen LogP contribution in [0.25, 0.3) is 16.5 Å². The van der Waals surface area contributed by atoms with E-state index in [1.54, 1.807) is 0 Å². The van der Waals surface area contributed by atoms with Crippen molar-refractivity contribution in [3.8, 4) is 0 Å². The maximum Gasteiger partial charge on any atom is 4.00 e. The molecule has 3 rings (SSSR count). The summed E-state index contributed by atoms with van der Waals surface area (Å²) in [4.78, 5) is 11.1. The number of hydrogen-bond acceptors (Lipinski definition) is 1. The fourth-order valence-corrected chi connectivity index (χ4v) is 8.46. The Kier molecular flexibility index (Phi) is 27.3. The van der Waals surface area contributed by atoms with Gasteiger partial charge in [0.15, 0.2) is 0 Å². The minimum absolute atomic E-state index is 0. The molecule has 0 spiro atoms. The first-order chi connectivity index (χ1) is 16.8. The van der Waals surface area contributed by atoms with E-state index in [0.717, 1.165) is 25.7 Å². The van der Waals surface area contributed by atoms with E-state index in [0.29, 0.717) is 0 Å².